The van der Waals surface area contributed by atoms with Crippen LogP contribution in [0.4, 0.5) is 0 Å². The van der Waals surface area contributed by atoms with Gasteiger partial charge in [0.1, 0.15) is 11.9 Å². The molecule has 1 aromatic carbocycles. The van der Waals surface area contributed by atoms with Gasteiger partial charge >= 0.3 is 0 Å². The second-order valence-corrected chi connectivity index (χ2v) is 9.40. The summed E-state index contributed by atoms with van der Waals surface area (Å²) >= 11 is 0. The SMILES string of the molecule is CC(C)(C)c1ccc(OCCCC(=O)NC2CCN(C(=O)C3CCCO3)CC2)cc1. The van der Waals surface area contributed by atoms with Crippen molar-refractivity contribution < 1.29 is 19.1 Å². The van der Waals surface area contributed by atoms with Crippen LogP contribution in [0.15, 0.2) is 24.3 Å². The number of amides is 2. The Morgan fingerprint density at radius 2 is 1.83 bits per heavy atom. The number of ether oxygens (including phenoxy) is 2. The van der Waals surface area contributed by atoms with Crippen molar-refractivity contribution in [3.63, 3.8) is 0 Å². The van der Waals surface area contributed by atoms with Gasteiger partial charge in [-0.3, -0.25) is 9.59 Å². The van der Waals surface area contributed by atoms with Gasteiger partial charge in [-0.1, -0.05) is 32.9 Å². The molecule has 6 nitrogen and oxygen atoms in total. The van der Waals surface area contributed by atoms with Crippen molar-refractivity contribution in [1.29, 1.82) is 0 Å². The number of nitrogens with one attached hydrogen (secondary N) is 1. The van der Waals surface area contributed by atoms with Gasteiger partial charge in [0.15, 0.2) is 0 Å². The average Bonchev–Trinajstić information content (AvgIpc) is 3.26. The summed E-state index contributed by atoms with van der Waals surface area (Å²) < 4.78 is 11.3. The fourth-order valence-corrected chi connectivity index (χ4v) is 3.99. The van der Waals surface area contributed by atoms with Crippen molar-refractivity contribution in [2.24, 2.45) is 0 Å². The van der Waals surface area contributed by atoms with E-state index in [1.54, 1.807) is 0 Å². The molecule has 30 heavy (non-hydrogen) atoms. The maximum Gasteiger partial charge on any atom is 0.251 e. The fourth-order valence-electron chi connectivity index (χ4n) is 3.99. The van der Waals surface area contributed by atoms with Crippen LogP contribution in [0.3, 0.4) is 0 Å². The molecule has 2 aliphatic rings. The number of nitrogens with zero attached hydrogens (tertiary/aromatic N) is 1. The largest absolute Gasteiger partial charge is 0.494 e. The molecule has 1 unspecified atom stereocenters. The van der Waals surface area contributed by atoms with E-state index in [-0.39, 0.29) is 29.4 Å². The van der Waals surface area contributed by atoms with Gasteiger partial charge in [-0.25, -0.2) is 0 Å². The third-order valence-corrected chi connectivity index (χ3v) is 5.91. The van der Waals surface area contributed by atoms with Crippen molar-refractivity contribution in [1.82, 2.24) is 10.2 Å². The van der Waals surface area contributed by atoms with E-state index in [0.29, 0.717) is 39.1 Å². The van der Waals surface area contributed by atoms with Crippen LogP contribution in [0.2, 0.25) is 0 Å². The molecule has 2 fully saturated rings. The molecule has 2 saturated heterocycles. The van der Waals surface area contributed by atoms with Gasteiger partial charge in [0, 0.05) is 32.2 Å². The first-order chi connectivity index (χ1) is 14.3. The normalized spacial score (nSPS) is 20.2. The number of hydrogen-bond acceptors (Lipinski definition) is 4. The minimum absolute atomic E-state index is 0.0607. The Hall–Kier alpha value is -2.08. The van der Waals surface area contributed by atoms with E-state index >= 15 is 0 Å². The van der Waals surface area contributed by atoms with Crippen LogP contribution >= 0.6 is 0 Å². The maximum absolute atomic E-state index is 12.4. The van der Waals surface area contributed by atoms with Crippen molar-refractivity contribution >= 4 is 11.8 Å². The number of carbonyl (C=O) groups excluding carboxylic acids is 2. The topological polar surface area (TPSA) is 67.9 Å². The Bertz CT molecular complexity index is 697. The second kappa shape index (κ2) is 10.3. The Balaban J connectivity index is 1.29. The van der Waals surface area contributed by atoms with Gasteiger partial charge in [0.25, 0.3) is 5.91 Å². The standard InChI is InChI=1S/C24H36N2O4/c1-24(2,3)18-8-10-20(11-9-18)29-16-5-7-22(27)25-19-12-14-26(15-13-19)23(28)21-6-4-17-30-21/h8-11,19,21H,4-7,12-17H2,1-3H3,(H,25,27). The smallest absolute Gasteiger partial charge is 0.251 e. The predicted octanol–water partition coefficient (Wildman–Crippen LogP) is 3.43. The van der Waals surface area contributed by atoms with E-state index in [1.807, 2.05) is 17.0 Å². The molecular weight excluding hydrogens is 380 g/mol. The molecule has 0 spiro atoms. The molecule has 0 radical (unpaired) electrons. The van der Waals surface area contributed by atoms with E-state index < -0.39 is 0 Å². The lowest BCUT2D eigenvalue weighted by molar-refractivity contribution is -0.142. The van der Waals surface area contributed by atoms with Crippen LogP contribution in [0.5, 0.6) is 5.75 Å². The minimum atomic E-state index is -0.249. The average molecular weight is 417 g/mol. The van der Waals surface area contributed by atoms with Gasteiger partial charge in [0.2, 0.25) is 5.91 Å². The Labute approximate surface area is 180 Å². The van der Waals surface area contributed by atoms with Crippen LogP contribution in [0, 0.1) is 0 Å². The molecule has 0 aromatic heterocycles. The summed E-state index contributed by atoms with van der Waals surface area (Å²) in [7, 11) is 0. The van der Waals surface area contributed by atoms with E-state index in [9.17, 15) is 9.59 Å². The maximum atomic E-state index is 12.4. The van der Waals surface area contributed by atoms with E-state index in [0.717, 1.165) is 31.4 Å². The van der Waals surface area contributed by atoms with Crippen LogP contribution < -0.4 is 10.1 Å². The third-order valence-electron chi connectivity index (χ3n) is 5.91. The first-order valence-corrected chi connectivity index (χ1v) is 11.3. The molecule has 2 heterocycles. The summed E-state index contributed by atoms with van der Waals surface area (Å²) in [5, 5.41) is 3.11. The number of piperidine rings is 1. The van der Waals surface area contributed by atoms with Gasteiger partial charge in [-0.2, -0.15) is 0 Å². The zero-order valence-corrected chi connectivity index (χ0v) is 18.6. The van der Waals surface area contributed by atoms with E-state index in [1.165, 1.54) is 5.56 Å². The first-order valence-electron chi connectivity index (χ1n) is 11.3. The summed E-state index contributed by atoms with van der Waals surface area (Å²) in [6.07, 6.45) is 4.30. The molecule has 0 bridgehead atoms. The van der Waals surface area contributed by atoms with Gasteiger partial charge < -0.3 is 19.7 Å². The van der Waals surface area contributed by atoms with Crippen LogP contribution in [0.1, 0.15) is 64.9 Å². The molecule has 0 aliphatic carbocycles. The van der Waals surface area contributed by atoms with Crippen LogP contribution in [-0.2, 0) is 19.7 Å². The third kappa shape index (κ3) is 6.46. The summed E-state index contributed by atoms with van der Waals surface area (Å²) in [5.41, 5.74) is 1.40. The second-order valence-electron chi connectivity index (χ2n) is 9.40. The van der Waals surface area contributed by atoms with Crippen LogP contribution in [0.25, 0.3) is 0 Å². The molecule has 2 amide bonds. The van der Waals surface area contributed by atoms with Gasteiger partial charge in [-0.15, -0.1) is 0 Å². The lowest BCUT2D eigenvalue weighted by Gasteiger charge is -2.33. The van der Waals surface area contributed by atoms with Crippen molar-refractivity contribution in [2.45, 2.75) is 76.9 Å². The highest BCUT2D eigenvalue weighted by atomic mass is 16.5. The molecule has 0 saturated carbocycles. The molecule has 166 valence electrons. The number of hydrogen-bond donors (Lipinski definition) is 1. The van der Waals surface area contributed by atoms with Crippen molar-refractivity contribution in [3.05, 3.63) is 29.8 Å². The molecule has 6 heteroatoms. The summed E-state index contributed by atoms with van der Waals surface area (Å²) in [4.78, 5) is 26.5. The predicted molar refractivity (Wildman–Crippen MR) is 117 cm³/mol. The summed E-state index contributed by atoms with van der Waals surface area (Å²) in [6.45, 7) is 9.16. The molecular formula is C24H36N2O4. The van der Waals surface area contributed by atoms with Crippen LogP contribution in [-0.4, -0.2) is 55.2 Å². The summed E-state index contributed by atoms with van der Waals surface area (Å²) in [6, 6.07) is 8.33. The highest BCUT2D eigenvalue weighted by Gasteiger charge is 2.31. The Kier molecular flexibility index (Phi) is 7.75. The minimum Gasteiger partial charge on any atom is -0.494 e. The van der Waals surface area contributed by atoms with E-state index in [2.05, 4.69) is 38.2 Å². The fraction of sp³-hybridized carbons (Fsp3) is 0.667. The zero-order chi connectivity index (χ0) is 21.6. The molecule has 1 aromatic rings. The molecule has 2 aliphatic heterocycles. The number of benzene rings is 1. The Morgan fingerprint density at radius 3 is 2.43 bits per heavy atom. The van der Waals surface area contributed by atoms with Crippen molar-refractivity contribution in [3.8, 4) is 5.75 Å². The quantitative estimate of drug-likeness (QED) is 0.692. The Morgan fingerprint density at radius 1 is 1.13 bits per heavy atom. The first kappa shape index (κ1) is 22.6. The monoisotopic (exact) mass is 416 g/mol. The number of carbonyl (C=O) groups is 2. The lowest BCUT2D eigenvalue weighted by Crippen LogP contribution is -2.49. The van der Waals surface area contributed by atoms with E-state index in [4.69, 9.17) is 9.47 Å². The molecule has 3 rings (SSSR count). The lowest BCUT2D eigenvalue weighted by atomic mass is 9.87. The highest BCUT2D eigenvalue weighted by Crippen LogP contribution is 2.24. The molecule has 1 N–H and O–H groups in total. The molecule has 1 atom stereocenters. The van der Waals surface area contributed by atoms with Gasteiger partial charge in [0.05, 0.1) is 6.61 Å². The highest BCUT2D eigenvalue weighted by molar-refractivity contribution is 5.81. The van der Waals surface area contributed by atoms with Gasteiger partial charge in [-0.05, 0) is 55.2 Å². The summed E-state index contributed by atoms with van der Waals surface area (Å²) in [5.74, 6) is 1.02. The number of likely N-dealkylation sites (tertiary alicyclic amines) is 1. The van der Waals surface area contributed by atoms with Crippen molar-refractivity contribution in [2.75, 3.05) is 26.3 Å². The number of rotatable bonds is 7. The zero-order valence-electron chi connectivity index (χ0n) is 18.6.